The van der Waals surface area contributed by atoms with Gasteiger partial charge in [-0.05, 0) is 38.9 Å². The highest BCUT2D eigenvalue weighted by Gasteiger charge is 2.28. The summed E-state index contributed by atoms with van der Waals surface area (Å²) in [5.74, 6) is 0.331. The van der Waals surface area contributed by atoms with Crippen molar-refractivity contribution < 1.29 is 0 Å². The molecule has 0 nitrogen and oxygen atoms in total. The molecule has 0 heterocycles. The van der Waals surface area contributed by atoms with E-state index in [0.29, 0.717) is 5.92 Å². The average molecular weight is 318 g/mol. The lowest BCUT2D eigenvalue weighted by molar-refractivity contribution is 1.02. The van der Waals surface area contributed by atoms with Gasteiger partial charge in [0, 0.05) is 5.92 Å². The summed E-state index contributed by atoms with van der Waals surface area (Å²) < 4.78 is 0. The first-order valence-electron chi connectivity index (χ1n) is 8.75. The number of hydrogen-bond acceptors (Lipinski definition) is 0. The second kappa shape index (κ2) is 5.75. The van der Waals surface area contributed by atoms with E-state index in [-0.39, 0.29) is 0 Å². The Morgan fingerprint density at radius 3 is 1.48 bits per heavy atom. The van der Waals surface area contributed by atoms with Gasteiger partial charge in [0.2, 0.25) is 0 Å². The van der Waals surface area contributed by atoms with Crippen LogP contribution in [0.2, 0.25) is 0 Å². The zero-order valence-corrected chi connectivity index (χ0v) is 13.9. The summed E-state index contributed by atoms with van der Waals surface area (Å²) in [7, 11) is 0. The fraction of sp³-hybridized carbons (Fsp3) is 0.0400. The van der Waals surface area contributed by atoms with E-state index in [0.717, 1.165) is 0 Å². The Kier molecular flexibility index (Phi) is 3.28. The normalized spacial score (nSPS) is 12.6. The first-order valence-corrected chi connectivity index (χ1v) is 8.75. The summed E-state index contributed by atoms with van der Waals surface area (Å²) in [4.78, 5) is 0. The van der Waals surface area contributed by atoms with Crippen molar-refractivity contribution in [2.24, 2.45) is 0 Å². The van der Waals surface area contributed by atoms with Gasteiger partial charge in [0.15, 0.2) is 0 Å². The van der Waals surface area contributed by atoms with Gasteiger partial charge in [-0.3, -0.25) is 0 Å². The maximum atomic E-state index is 2.28. The summed E-state index contributed by atoms with van der Waals surface area (Å²) in [5, 5.41) is 0. The van der Waals surface area contributed by atoms with Crippen LogP contribution in [-0.4, -0.2) is 0 Å². The zero-order valence-electron chi connectivity index (χ0n) is 13.9. The maximum Gasteiger partial charge on any atom is 0.0352 e. The molecule has 4 aromatic rings. The largest absolute Gasteiger partial charge is 0.0622 e. The predicted octanol–water partition coefficient (Wildman–Crippen LogP) is 6.51. The van der Waals surface area contributed by atoms with Crippen LogP contribution in [0.25, 0.3) is 22.3 Å². The van der Waals surface area contributed by atoms with Crippen molar-refractivity contribution in [1.29, 1.82) is 0 Å². The Bertz CT molecular complexity index is 981. The number of fused-ring (bicyclic) bond motifs is 3. The Hall–Kier alpha value is -3.12. The molecule has 0 spiro atoms. The number of benzene rings is 4. The first-order chi connectivity index (χ1) is 12.4. The summed E-state index contributed by atoms with van der Waals surface area (Å²) in [6.45, 7) is 0. The third-order valence-corrected chi connectivity index (χ3v) is 5.18. The van der Waals surface area contributed by atoms with Gasteiger partial charge < -0.3 is 0 Å². The summed E-state index contributed by atoms with van der Waals surface area (Å²) in [6.07, 6.45) is 0. The van der Waals surface area contributed by atoms with E-state index in [1.165, 1.54) is 38.9 Å². The molecule has 0 N–H and O–H groups in total. The molecule has 0 amide bonds. The van der Waals surface area contributed by atoms with Crippen LogP contribution < -0.4 is 0 Å². The Morgan fingerprint density at radius 1 is 0.400 bits per heavy atom. The van der Waals surface area contributed by atoms with E-state index in [9.17, 15) is 0 Å². The Labute approximate surface area is 148 Å². The van der Waals surface area contributed by atoms with Crippen molar-refractivity contribution in [2.45, 2.75) is 5.92 Å². The van der Waals surface area contributed by atoms with Gasteiger partial charge in [-0.2, -0.15) is 0 Å². The minimum absolute atomic E-state index is 0.331. The van der Waals surface area contributed by atoms with Crippen molar-refractivity contribution in [3.63, 3.8) is 0 Å². The van der Waals surface area contributed by atoms with Gasteiger partial charge in [0.05, 0.1) is 0 Å². The third kappa shape index (κ3) is 2.30. The van der Waals surface area contributed by atoms with E-state index >= 15 is 0 Å². The molecule has 0 saturated carbocycles. The molecule has 0 heteroatoms. The van der Waals surface area contributed by atoms with Gasteiger partial charge in [0.1, 0.15) is 0 Å². The van der Waals surface area contributed by atoms with Crippen LogP contribution in [0.3, 0.4) is 0 Å². The topological polar surface area (TPSA) is 0 Å². The SMILES string of the molecule is c1ccc(-c2ccc(C3c4ccccc4-c4ccccc43)cc2)cc1. The van der Waals surface area contributed by atoms with Crippen LogP contribution in [0, 0.1) is 0 Å². The second-order valence-electron chi connectivity index (χ2n) is 6.60. The van der Waals surface area contributed by atoms with Gasteiger partial charge in [0.25, 0.3) is 0 Å². The van der Waals surface area contributed by atoms with Gasteiger partial charge in [-0.15, -0.1) is 0 Å². The average Bonchev–Trinajstić information content (AvgIpc) is 3.03. The third-order valence-electron chi connectivity index (χ3n) is 5.18. The molecular formula is C25H18. The van der Waals surface area contributed by atoms with E-state index in [2.05, 4.69) is 103 Å². The lowest BCUT2D eigenvalue weighted by Crippen LogP contribution is -1.98. The van der Waals surface area contributed by atoms with Crippen LogP contribution in [0.15, 0.2) is 103 Å². The van der Waals surface area contributed by atoms with Gasteiger partial charge >= 0.3 is 0 Å². The van der Waals surface area contributed by atoms with E-state index in [1.54, 1.807) is 0 Å². The lowest BCUT2D eigenvalue weighted by Gasteiger charge is -2.15. The van der Waals surface area contributed by atoms with E-state index in [1.807, 2.05) is 0 Å². The molecule has 0 atom stereocenters. The fourth-order valence-corrected chi connectivity index (χ4v) is 4.01. The molecule has 0 unspecified atom stereocenters. The van der Waals surface area contributed by atoms with Crippen LogP contribution in [0.1, 0.15) is 22.6 Å². The van der Waals surface area contributed by atoms with Crippen molar-refractivity contribution in [1.82, 2.24) is 0 Å². The first kappa shape index (κ1) is 14.2. The summed E-state index contributed by atoms with van der Waals surface area (Å²) in [6, 6.07) is 37.2. The Morgan fingerprint density at radius 2 is 0.880 bits per heavy atom. The van der Waals surface area contributed by atoms with E-state index < -0.39 is 0 Å². The second-order valence-corrected chi connectivity index (χ2v) is 6.60. The highest BCUT2D eigenvalue weighted by Crippen LogP contribution is 2.47. The van der Waals surface area contributed by atoms with Crippen LogP contribution in [0.4, 0.5) is 0 Å². The van der Waals surface area contributed by atoms with Crippen LogP contribution in [0.5, 0.6) is 0 Å². The van der Waals surface area contributed by atoms with Gasteiger partial charge in [-0.25, -0.2) is 0 Å². The molecule has 4 aromatic carbocycles. The minimum Gasteiger partial charge on any atom is -0.0622 e. The van der Waals surface area contributed by atoms with Crippen molar-refractivity contribution in [3.05, 3.63) is 120 Å². The predicted molar refractivity (Wildman–Crippen MR) is 105 cm³/mol. The zero-order chi connectivity index (χ0) is 16.6. The molecule has 0 bridgehead atoms. The van der Waals surface area contributed by atoms with Crippen LogP contribution >= 0.6 is 0 Å². The van der Waals surface area contributed by atoms with Gasteiger partial charge in [-0.1, -0.05) is 103 Å². The molecule has 0 aromatic heterocycles. The number of hydrogen-bond donors (Lipinski definition) is 0. The summed E-state index contributed by atoms with van der Waals surface area (Å²) >= 11 is 0. The smallest absolute Gasteiger partial charge is 0.0352 e. The van der Waals surface area contributed by atoms with Crippen molar-refractivity contribution in [3.8, 4) is 22.3 Å². The van der Waals surface area contributed by atoms with Crippen molar-refractivity contribution >= 4 is 0 Å². The quantitative estimate of drug-likeness (QED) is 0.348. The molecular weight excluding hydrogens is 300 g/mol. The lowest BCUT2D eigenvalue weighted by atomic mass is 9.88. The standard InChI is InChI=1S/C25H18/c1-2-8-18(9-3-1)19-14-16-20(17-15-19)25-23-12-6-4-10-21(23)22-11-5-7-13-24(22)25/h1-17,25H. The molecule has 118 valence electrons. The van der Waals surface area contributed by atoms with Crippen molar-refractivity contribution in [2.75, 3.05) is 0 Å². The molecule has 5 rings (SSSR count). The monoisotopic (exact) mass is 318 g/mol. The molecule has 0 saturated heterocycles. The molecule has 25 heavy (non-hydrogen) atoms. The Balaban J connectivity index is 1.62. The highest BCUT2D eigenvalue weighted by molar-refractivity contribution is 5.80. The minimum atomic E-state index is 0.331. The summed E-state index contributed by atoms with van der Waals surface area (Å²) in [5.41, 5.74) is 9.46. The molecule has 0 fully saturated rings. The number of rotatable bonds is 2. The molecule has 1 aliphatic rings. The highest BCUT2D eigenvalue weighted by atomic mass is 14.3. The molecule has 0 radical (unpaired) electrons. The van der Waals surface area contributed by atoms with E-state index in [4.69, 9.17) is 0 Å². The van der Waals surface area contributed by atoms with Crippen LogP contribution in [-0.2, 0) is 0 Å². The maximum absolute atomic E-state index is 2.28. The molecule has 1 aliphatic carbocycles. The molecule has 0 aliphatic heterocycles. The fourth-order valence-electron chi connectivity index (χ4n) is 4.01.